The second-order valence-corrected chi connectivity index (χ2v) is 3.77. The zero-order valence-electron chi connectivity index (χ0n) is 9.46. The summed E-state index contributed by atoms with van der Waals surface area (Å²) in [7, 11) is 1.90. The Balaban J connectivity index is 2.07. The third-order valence-electron chi connectivity index (χ3n) is 2.67. The number of hydrogen-bond acceptors (Lipinski definition) is 3. The number of nitrogens with zero attached hydrogens (tertiary/aromatic N) is 3. The molecule has 0 saturated carbocycles. The van der Waals surface area contributed by atoms with Crippen molar-refractivity contribution in [2.45, 2.75) is 0 Å². The Morgan fingerprint density at radius 3 is 2.59 bits per heavy atom. The summed E-state index contributed by atoms with van der Waals surface area (Å²) in [6.07, 6.45) is 1.90. The number of rotatable bonds is 2. The van der Waals surface area contributed by atoms with E-state index in [9.17, 15) is 0 Å². The van der Waals surface area contributed by atoms with Crippen molar-refractivity contribution in [1.82, 2.24) is 14.6 Å². The lowest BCUT2D eigenvalue weighted by Gasteiger charge is -1.99. The van der Waals surface area contributed by atoms with E-state index in [-0.39, 0.29) is 0 Å². The van der Waals surface area contributed by atoms with E-state index in [4.69, 9.17) is 0 Å². The van der Waals surface area contributed by atoms with Gasteiger partial charge in [0.2, 0.25) is 0 Å². The number of benzene rings is 1. The molecule has 4 nitrogen and oxygen atoms in total. The molecule has 0 unspecified atom stereocenters. The molecule has 0 amide bonds. The van der Waals surface area contributed by atoms with Gasteiger partial charge in [-0.3, -0.25) is 0 Å². The highest BCUT2D eigenvalue weighted by atomic mass is 15.3. The topological polar surface area (TPSA) is 42.2 Å². The molecule has 3 aromatic rings. The summed E-state index contributed by atoms with van der Waals surface area (Å²) in [4.78, 5) is 4.47. The Morgan fingerprint density at radius 2 is 1.88 bits per heavy atom. The molecule has 0 bridgehead atoms. The van der Waals surface area contributed by atoms with Crippen molar-refractivity contribution in [3.63, 3.8) is 0 Å². The monoisotopic (exact) mass is 224 g/mol. The van der Waals surface area contributed by atoms with Gasteiger partial charge in [-0.2, -0.15) is 0 Å². The van der Waals surface area contributed by atoms with E-state index in [1.165, 1.54) is 0 Å². The summed E-state index contributed by atoms with van der Waals surface area (Å²) in [5.41, 5.74) is 2.96. The lowest BCUT2D eigenvalue weighted by atomic mass is 10.2. The lowest BCUT2D eigenvalue weighted by Crippen LogP contribution is -1.88. The number of aromatic nitrogens is 3. The first kappa shape index (κ1) is 9.84. The zero-order chi connectivity index (χ0) is 11.7. The normalized spacial score (nSPS) is 10.6. The SMILES string of the molecule is CNc1ccc(-c2nc3ccccn3n2)cc1. The van der Waals surface area contributed by atoms with Gasteiger partial charge in [0.15, 0.2) is 11.5 Å². The smallest absolute Gasteiger partial charge is 0.182 e. The Hall–Kier alpha value is -2.36. The minimum Gasteiger partial charge on any atom is -0.388 e. The summed E-state index contributed by atoms with van der Waals surface area (Å²) in [6, 6.07) is 13.9. The molecule has 4 heteroatoms. The van der Waals surface area contributed by atoms with E-state index in [2.05, 4.69) is 15.4 Å². The van der Waals surface area contributed by atoms with E-state index in [1.807, 2.05) is 55.7 Å². The first-order chi connectivity index (χ1) is 8.36. The molecule has 0 spiro atoms. The summed E-state index contributed by atoms with van der Waals surface area (Å²) in [5.74, 6) is 0.749. The quantitative estimate of drug-likeness (QED) is 0.727. The lowest BCUT2D eigenvalue weighted by molar-refractivity contribution is 0.966. The van der Waals surface area contributed by atoms with Gasteiger partial charge in [-0.1, -0.05) is 6.07 Å². The fourth-order valence-corrected chi connectivity index (χ4v) is 1.74. The molecular weight excluding hydrogens is 212 g/mol. The van der Waals surface area contributed by atoms with Crippen molar-refractivity contribution in [3.05, 3.63) is 48.7 Å². The Kier molecular flexibility index (Phi) is 2.26. The number of pyridine rings is 1. The summed E-state index contributed by atoms with van der Waals surface area (Å²) in [5, 5.41) is 7.51. The Morgan fingerprint density at radius 1 is 1.06 bits per heavy atom. The average molecular weight is 224 g/mol. The second kappa shape index (κ2) is 3.90. The minimum absolute atomic E-state index is 0.749. The average Bonchev–Trinajstić information content (AvgIpc) is 2.82. The third-order valence-corrected chi connectivity index (χ3v) is 2.67. The van der Waals surface area contributed by atoms with Crippen LogP contribution in [-0.4, -0.2) is 21.6 Å². The van der Waals surface area contributed by atoms with Crippen molar-refractivity contribution in [2.75, 3.05) is 12.4 Å². The zero-order valence-corrected chi connectivity index (χ0v) is 9.46. The fraction of sp³-hybridized carbons (Fsp3) is 0.0769. The van der Waals surface area contributed by atoms with Gasteiger partial charge in [0.1, 0.15) is 0 Å². The van der Waals surface area contributed by atoms with Gasteiger partial charge < -0.3 is 5.32 Å². The molecule has 2 heterocycles. The van der Waals surface area contributed by atoms with E-state index in [0.29, 0.717) is 0 Å². The highest BCUT2D eigenvalue weighted by Gasteiger charge is 2.05. The van der Waals surface area contributed by atoms with Crippen molar-refractivity contribution in [1.29, 1.82) is 0 Å². The van der Waals surface area contributed by atoms with Gasteiger partial charge >= 0.3 is 0 Å². The molecule has 17 heavy (non-hydrogen) atoms. The van der Waals surface area contributed by atoms with Crippen LogP contribution in [0.5, 0.6) is 0 Å². The van der Waals surface area contributed by atoms with Crippen LogP contribution < -0.4 is 5.32 Å². The van der Waals surface area contributed by atoms with Gasteiger partial charge in [-0.25, -0.2) is 9.50 Å². The van der Waals surface area contributed by atoms with E-state index >= 15 is 0 Å². The van der Waals surface area contributed by atoms with Crippen LogP contribution in [-0.2, 0) is 0 Å². The largest absolute Gasteiger partial charge is 0.388 e. The van der Waals surface area contributed by atoms with Gasteiger partial charge in [0.05, 0.1) is 0 Å². The van der Waals surface area contributed by atoms with Crippen molar-refractivity contribution in [2.24, 2.45) is 0 Å². The van der Waals surface area contributed by atoms with Crippen molar-refractivity contribution in [3.8, 4) is 11.4 Å². The fourth-order valence-electron chi connectivity index (χ4n) is 1.74. The first-order valence-electron chi connectivity index (χ1n) is 5.46. The molecular formula is C13H12N4. The maximum atomic E-state index is 4.47. The molecule has 1 N–H and O–H groups in total. The molecule has 0 aliphatic carbocycles. The number of anilines is 1. The van der Waals surface area contributed by atoms with Crippen LogP contribution in [0.2, 0.25) is 0 Å². The van der Waals surface area contributed by atoms with Crippen LogP contribution in [0.1, 0.15) is 0 Å². The molecule has 3 rings (SSSR count). The standard InChI is InChI=1S/C13H12N4/c1-14-11-7-5-10(6-8-11)13-15-12-4-2-3-9-17(12)16-13/h2-9,14H,1H3. The highest BCUT2D eigenvalue weighted by molar-refractivity contribution is 5.61. The Labute approximate surface area is 98.9 Å². The summed E-state index contributed by atoms with van der Waals surface area (Å²) >= 11 is 0. The van der Waals surface area contributed by atoms with Crippen LogP contribution >= 0.6 is 0 Å². The van der Waals surface area contributed by atoms with Gasteiger partial charge in [-0.05, 0) is 36.4 Å². The summed E-state index contributed by atoms with van der Waals surface area (Å²) < 4.78 is 1.78. The van der Waals surface area contributed by atoms with E-state index < -0.39 is 0 Å². The van der Waals surface area contributed by atoms with E-state index in [0.717, 1.165) is 22.7 Å². The van der Waals surface area contributed by atoms with E-state index in [1.54, 1.807) is 4.52 Å². The van der Waals surface area contributed by atoms with Crippen LogP contribution in [0.25, 0.3) is 17.0 Å². The first-order valence-corrected chi connectivity index (χ1v) is 5.46. The van der Waals surface area contributed by atoms with Crippen molar-refractivity contribution >= 4 is 11.3 Å². The Bertz CT molecular complexity index is 607. The maximum absolute atomic E-state index is 4.47. The minimum atomic E-state index is 0.749. The number of fused-ring (bicyclic) bond motifs is 1. The molecule has 0 saturated heterocycles. The summed E-state index contributed by atoms with van der Waals surface area (Å²) in [6.45, 7) is 0. The molecule has 0 atom stereocenters. The molecule has 0 fully saturated rings. The van der Waals surface area contributed by atoms with Crippen LogP contribution in [0.4, 0.5) is 5.69 Å². The molecule has 84 valence electrons. The highest BCUT2D eigenvalue weighted by Crippen LogP contribution is 2.18. The third kappa shape index (κ3) is 1.73. The van der Waals surface area contributed by atoms with Crippen molar-refractivity contribution < 1.29 is 0 Å². The van der Waals surface area contributed by atoms with Crippen LogP contribution in [0, 0.1) is 0 Å². The molecule has 0 aliphatic heterocycles. The number of hydrogen-bond donors (Lipinski definition) is 1. The van der Waals surface area contributed by atoms with Gasteiger partial charge in [0.25, 0.3) is 0 Å². The van der Waals surface area contributed by atoms with Gasteiger partial charge in [0, 0.05) is 24.5 Å². The van der Waals surface area contributed by atoms with Crippen LogP contribution in [0.15, 0.2) is 48.7 Å². The van der Waals surface area contributed by atoms with Gasteiger partial charge in [-0.15, -0.1) is 5.10 Å². The predicted octanol–water partition coefficient (Wildman–Crippen LogP) is 2.44. The molecule has 0 aliphatic rings. The molecule has 1 aromatic carbocycles. The van der Waals surface area contributed by atoms with Crippen LogP contribution in [0.3, 0.4) is 0 Å². The number of nitrogens with one attached hydrogen (secondary N) is 1. The maximum Gasteiger partial charge on any atom is 0.182 e. The second-order valence-electron chi connectivity index (χ2n) is 3.77. The molecule has 0 radical (unpaired) electrons. The predicted molar refractivity (Wildman–Crippen MR) is 68.0 cm³/mol. The molecule has 2 aromatic heterocycles.